The molecule has 13 heavy (non-hydrogen) atoms. The van der Waals surface area contributed by atoms with Crippen LogP contribution in [0.15, 0.2) is 0 Å². The van der Waals surface area contributed by atoms with E-state index in [9.17, 15) is 0 Å². The molecule has 2 fully saturated rings. The van der Waals surface area contributed by atoms with Crippen molar-refractivity contribution in [3.63, 3.8) is 0 Å². The van der Waals surface area contributed by atoms with Gasteiger partial charge in [0, 0.05) is 12.6 Å². The second kappa shape index (κ2) is 4.16. The van der Waals surface area contributed by atoms with Crippen molar-refractivity contribution in [2.75, 3.05) is 6.61 Å². The molecule has 0 radical (unpaired) electrons. The summed E-state index contributed by atoms with van der Waals surface area (Å²) in [6, 6.07) is 0.482. The summed E-state index contributed by atoms with van der Waals surface area (Å²) >= 11 is 0. The van der Waals surface area contributed by atoms with E-state index in [1.165, 1.54) is 38.5 Å². The highest BCUT2D eigenvalue weighted by atomic mass is 35.5. The smallest absolute Gasteiger partial charge is 0.0459 e. The minimum Gasteiger partial charge on any atom is -0.396 e. The lowest BCUT2D eigenvalue weighted by molar-refractivity contribution is 0.0241. The minimum absolute atomic E-state index is 0. The molecule has 0 amide bonds. The number of hydrogen-bond donors (Lipinski definition) is 2. The van der Waals surface area contributed by atoms with Crippen molar-refractivity contribution in [3.05, 3.63) is 0 Å². The van der Waals surface area contributed by atoms with Crippen LogP contribution >= 0.6 is 12.4 Å². The molecule has 0 saturated heterocycles. The normalized spacial score (nSPS) is 43.8. The van der Waals surface area contributed by atoms with Gasteiger partial charge in [0.15, 0.2) is 0 Å². The Morgan fingerprint density at radius 1 is 1.23 bits per heavy atom. The van der Waals surface area contributed by atoms with E-state index >= 15 is 0 Å². The maximum atomic E-state index is 8.98. The fraction of sp³-hybridized carbons (Fsp3) is 1.00. The second-order valence-corrected chi connectivity index (χ2v) is 4.79. The van der Waals surface area contributed by atoms with E-state index in [1.807, 2.05) is 0 Å². The van der Waals surface area contributed by atoms with E-state index in [0.717, 1.165) is 0 Å². The average Bonchev–Trinajstić information content (AvgIpc) is 2.04. The molecule has 2 aliphatic carbocycles. The van der Waals surface area contributed by atoms with Gasteiger partial charge in [-0.15, -0.1) is 12.4 Å². The quantitative estimate of drug-likeness (QED) is 0.685. The van der Waals surface area contributed by atoms with Crippen molar-refractivity contribution in [1.82, 2.24) is 0 Å². The summed E-state index contributed by atoms with van der Waals surface area (Å²) < 4.78 is 0. The number of aliphatic hydroxyl groups excluding tert-OH is 1. The molecule has 3 heteroatoms. The van der Waals surface area contributed by atoms with Gasteiger partial charge < -0.3 is 10.8 Å². The maximum Gasteiger partial charge on any atom is 0.0459 e. The van der Waals surface area contributed by atoms with Crippen LogP contribution in [0.2, 0.25) is 0 Å². The SMILES string of the molecule is Cl.NC1CC2(CCC(CO)CC2)C1. The Labute approximate surface area is 86.3 Å². The van der Waals surface area contributed by atoms with Gasteiger partial charge in [0.25, 0.3) is 0 Å². The zero-order chi connectivity index (χ0) is 8.60. The fourth-order valence-corrected chi connectivity index (χ4v) is 2.93. The van der Waals surface area contributed by atoms with Crippen molar-refractivity contribution in [1.29, 1.82) is 0 Å². The summed E-state index contributed by atoms with van der Waals surface area (Å²) in [5.74, 6) is 0.590. The van der Waals surface area contributed by atoms with E-state index in [1.54, 1.807) is 0 Å². The van der Waals surface area contributed by atoms with Crippen LogP contribution in [0.1, 0.15) is 38.5 Å². The standard InChI is InChI=1S/C10H19NO.ClH/c11-9-5-10(6-9)3-1-8(7-12)2-4-10;/h8-9,12H,1-7,11H2;1H. The number of nitrogens with two attached hydrogens (primary N) is 1. The third kappa shape index (κ3) is 2.17. The summed E-state index contributed by atoms with van der Waals surface area (Å²) in [6.07, 6.45) is 7.56. The van der Waals surface area contributed by atoms with Crippen LogP contribution in [0.4, 0.5) is 0 Å². The summed E-state index contributed by atoms with van der Waals surface area (Å²) in [4.78, 5) is 0. The van der Waals surface area contributed by atoms with Gasteiger partial charge in [0.1, 0.15) is 0 Å². The average molecular weight is 206 g/mol. The van der Waals surface area contributed by atoms with Crippen LogP contribution in [0.3, 0.4) is 0 Å². The number of aliphatic hydroxyl groups is 1. The Balaban J connectivity index is 0.000000845. The molecule has 3 N–H and O–H groups in total. The van der Waals surface area contributed by atoms with E-state index in [2.05, 4.69) is 0 Å². The maximum absolute atomic E-state index is 8.98. The van der Waals surface area contributed by atoms with E-state index in [0.29, 0.717) is 24.0 Å². The topological polar surface area (TPSA) is 46.2 Å². The molecule has 0 bridgehead atoms. The molecule has 0 aromatic rings. The van der Waals surface area contributed by atoms with Gasteiger partial charge >= 0.3 is 0 Å². The van der Waals surface area contributed by atoms with Gasteiger partial charge in [-0.2, -0.15) is 0 Å². The molecule has 0 aromatic heterocycles. The van der Waals surface area contributed by atoms with Crippen molar-refractivity contribution in [3.8, 4) is 0 Å². The van der Waals surface area contributed by atoms with Crippen LogP contribution in [-0.2, 0) is 0 Å². The van der Waals surface area contributed by atoms with E-state index in [4.69, 9.17) is 10.8 Å². The third-order valence-electron chi connectivity index (χ3n) is 3.81. The van der Waals surface area contributed by atoms with Crippen molar-refractivity contribution in [2.45, 2.75) is 44.6 Å². The largest absolute Gasteiger partial charge is 0.396 e. The molecule has 78 valence electrons. The number of hydrogen-bond acceptors (Lipinski definition) is 2. The summed E-state index contributed by atoms with van der Waals surface area (Å²) in [6.45, 7) is 0.391. The summed E-state index contributed by atoms with van der Waals surface area (Å²) in [7, 11) is 0. The molecule has 2 nitrogen and oxygen atoms in total. The molecule has 0 atom stereocenters. The highest BCUT2D eigenvalue weighted by molar-refractivity contribution is 5.85. The van der Waals surface area contributed by atoms with E-state index in [-0.39, 0.29) is 12.4 Å². The lowest BCUT2D eigenvalue weighted by Gasteiger charge is -2.50. The molecular weight excluding hydrogens is 186 g/mol. The summed E-state index contributed by atoms with van der Waals surface area (Å²) in [5.41, 5.74) is 6.42. The molecule has 0 aliphatic heterocycles. The molecule has 2 aliphatic rings. The van der Waals surface area contributed by atoms with Gasteiger partial charge in [-0.25, -0.2) is 0 Å². The van der Waals surface area contributed by atoms with Gasteiger partial charge in [-0.3, -0.25) is 0 Å². The molecule has 2 saturated carbocycles. The molecule has 0 aromatic carbocycles. The first-order valence-electron chi connectivity index (χ1n) is 5.11. The number of halogens is 1. The zero-order valence-corrected chi connectivity index (χ0v) is 8.85. The van der Waals surface area contributed by atoms with Crippen molar-refractivity contribution in [2.24, 2.45) is 17.1 Å². The van der Waals surface area contributed by atoms with Crippen LogP contribution in [0, 0.1) is 11.3 Å². The Bertz CT molecular complexity index is 158. The Morgan fingerprint density at radius 3 is 2.15 bits per heavy atom. The van der Waals surface area contributed by atoms with Crippen LogP contribution in [-0.4, -0.2) is 17.8 Å². The van der Waals surface area contributed by atoms with Crippen molar-refractivity contribution < 1.29 is 5.11 Å². The fourth-order valence-electron chi connectivity index (χ4n) is 2.93. The van der Waals surface area contributed by atoms with Gasteiger partial charge in [0.05, 0.1) is 0 Å². The first-order valence-corrected chi connectivity index (χ1v) is 5.11. The lowest BCUT2D eigenvalue weighted by atomic mass is 9.57. The van der Waals surface area contributed by atoms with Gasteiger partial charge in [-0.05, 0) is 49.9 Å². The number of rotatable bonds is 1. The molecular formula is C10H20ClNO. The highest BCUT2D eigenvalue weighted by Crippen LogP contribution is 2.51. The van der Waals surface area contributed by atoms with E-state index < -0.39 is 0 Å². The first kappa shape index (κ1) is 11.3. The van der Waals surface area contributed by atoms with Crippen LogP contribution in [0.5, 0.6) is 0 Å². The van der Waals surface area contributed by atoms with Crippen LogP contribution in [0.25, 0.3) is 0 Å². The first-order chi connectivity index (χ1) is 5.74. The predicted octanol–water partition coefficient (Wildman–Crippen LogP) is 1.70. The van der Waals surface area contributed by atoms with Crippen molar-refractivity contribution >= 4 is 12.4 Å². The Hall–Kier alpha value is 0.210. The molecule has 1 spiro atoms. The highest BCUT2D eigenvalue weighted by Gasteiger charge is 2.44. The monoisotopic (exact) mass is 205 g/mol. The minimum atomic E-state index is 0. The predicted molar refractivity (Wildman–Crippen MR) is 55.9 cm³/mol. The summed E-state index contributed by atoms with van der Waals surface area (Å²) in [5, 5.41) is 8.98. The third-order valence-corrected chi connectivity index (χ3v) is 3.81. The Kier molecular flexibility index (Phi) is 3.61. The Morgan fingerprint density at radius 2 is 1.77 bits per heavy atom. The van der Waals surface area contributed by atoms with Gasteiger partial charge in [0.2, 0.25) is 0 Å². The lowest BCUT2D eigenvalue weighted by Crippen LogP contribution is -2.48. The molecule has 0 unspecified atom stereocenters. The van der Waals surface area contributed by atoms with Crippen LogP contribution < -0.4 is 5.73 Å². The second-order valence-electron chi connectivity index (χ2n) is 4.79. The van der Waals surface area contributed by atoms with Gasteiger partial charge in [-0.1, -0.05) is 0 Å². The zero-order valence-electron chi connectivity index (χ0n) is 8.04. The molecule has 2 rings (SSSR count). The molecule has 0 heterocycles.